The number of hydrogen-bond donors (Lipinski definition) is 2. The highest BCUT2D eigenvalue weighted by Crippen LogP contribution is 2.24. The van der Waals surface area contributed by atoms with Crippen LogP contribution in [0.3, 0.4) is 0 Å². The predicted octanol–water partition coefficient (Wildman–Crippen LogP) is 3.09. The molecule has 4 N–H and O–H groups in total. The lowest BCUT2D eigenvalue weighted by atomic mass is 10.1. The smallest absolute Gasteiger partial charge is 0.220 e. The Morgan fingerprint density at radius 2 is 1.86 bits per heavy atom. The van der Waals surface area contributed by atoms with E-state index in [1.807, 2.05) is 29.2 Å². The van der Waals surface area contributed by atoms with Crippen LogP contribution in [0.4, 0.5) is 5.69 Å². The molecule has 0 bridgehead atoms. The molecule has 0 unspecified atom stereocenters. The Bertz CT molecular complexity index is 523. The van der Waals surface area contributed by atoms with Crippen molar-refractivity contribution in [1.82, 2.24) is 0 Å². The van der Waals surface area contributed by atoms with Crippen LogP contribution >= 0.6 is 11.6 Å². The fourth-order valence-electron chi connectivity index (χ4n) is 2.42. The molecule has 1 aliphatic rings. The maximum absolute atomic E-state index is 6.04. The SMILES string of the molecule is CCCCCC[C@@H]1N=C(N)N=C(N)N1c1ccc(Cl)cc1. The molecule has 0 aliphatic carbocycles. The monoisotopic (exact) mass is 307 g/mol. The number of aliphatic imine (C=N–C) groups is 2. The average molecular weight is 308 g/mol. The van der Waals surface area contributed by atoms with Crippen molar-refractivity contribution in [3.8, 4) is 0 Å². The molecule has 0 aromatic heterocycles. The lowest BCUT2D eigenvalue weighted by Gasteiger charge is -2.32. The van der Waals surface area contributed by atoms with Crippen molar-refractivity contribution >= 4 is 29.2 Å². The molecule has 0 radical (unpaired) electrons. The van der Waals surface area contributed by atoms with E-state index in [9.17, 15) is 0 Å². The molecule has 0 fully saturated rings. The van der Waals surface area contributed by atoms with E-state index in [2.05, 4.69) is 16.9 Å². The van der Waals surface area contributed by atoms with Crippen LogP contribution in [-0.4, -0.2) is 18.1 Å². The first kappa shape index (κ1) is 15.6. The van der Waals surface area contributed by atoms with Gasteiger partial charge in [0.1, 0.15) is 6.17 Å². The molecule has 1 aromatic rings. The fourth-order valence-corrected chi connectivity index (χ4v) is 2.54. The Kier molecular flexibility index (Phi) is 5.44. The molecule has 1 aromatic carbocycles. The van der Waals surface area contributed by atoms with Crippen LogP contribution in [0.1, 0.15) is 39.0 Å². The molecule has 1 atom stereocenters. The van der Waals surface area contributed by atoms with Gasteiger partial charge < -0.3 is 11.5 Å². The van der Waals surface area contributed by atoms with Crippen molar-refractivity contribution in [3.05, 3.63) is 29.3 Å². The van der Waals surface area contributed by atoms with E-state index in [-0.39, 0.29) is 12.1 Å². The van der Waals surface area contributed by atoms with Crippen molar-refractivity contribution in [3.63, 3.8) is 0 Å². The first-order valence-corrected chi connectivity index (χ1v) is 7.72. The summed E-state index contributed by atoms with van der Waals surface area (Å²) >= 11 is 5.94. The third-order valence-corrected chi connectivity index (χ3v) is 3.73. The van der Waals surface area contributed by atoms with Gasteiger partial charge in [-0.3, -0.25) is 4.90 Å². The lowest BCUT2D eigenvalue weighted by Crippen LogP contribution is -2.48. The third-order valence-electron chi connectivity index (χ3n) is 3.48. The number of anilines is 1. The minimum atomic E-state index is -0.0967. The molecular weight excluding hydrogens is 286 g/mol. The van der Waals surface area contributed by atoms with E-state index in [1.54, 1.807) is 0 Å². The first-order chi connectivity index (χ1) is 10.1. The van der Waals surface area contributed by atoms with Gasteiger partial charge in [-0.25, -0.2) is 4.99 Å². The zero-order chi connectivity index (χ0) is 15.2. The minimum absolute atomic E-state index is 0.0967. The number of nitrogens with zero attached hydrogens (tertiary/aromatic N) is 3. The largest absolute Gasteiger partial charge is 0.369 e. The molecule has 114 valence electrons. The molecule has 5 nitrogen and oxygen atoms in total. The normalized spacial score (nSPS) is 18.4. The van der Waals surface area contributed by atoms with Gasteiger partial charge in [0.05, 0.1) is 0 Å². The zero-order valence-corrected chi connectivity index (χ0v) is 13.1. The van der Waals surface area contributed by atoms with Crippen LogP contribution in [0, 0.1) is 0 Å². The lowest BCUT2D eigenvalue weighted by molar-refractivity contribution is 0.554. The molecule has 1 aliphatic heterocycles. The Morgan fingerprint density at radius 1 is 1.14 bits per heavy atom. The second kappa shape index (κ2) is 7.31. The van der Waals surface area contributed by atoms with Gasteiger partial charge in [-0.15, -0.1) is 0 Å². The maximum atomic E-state index is 6.04. The Balaban J connectivity index is 2.14. The van der Waals surface area contributed by atoms with Crippen molar-refractivity contribution in [1.29, 1.82) is 0 Å². The average Bonchev–Trinajstić information content (AvgIpc) is 2.45. The molecule has 6 heteroatoms. The summed E-state index contributed by atoms with van der Waals surface area (Å²) < 4.78 is 0. The van der Waals surface area contributed by atoms with Crippen LogP contribution in [0.25, 0.3) is 0 Å². The highest BCUT2D eigenvalue weighted by molar-refractivity contribution is 6.30. The molecule has 0 saturated carbocycles. The number of guanidine groups is 2. The summed E-state index contributed by atoms with van der Waals surface area (Å²) in [6, 6.07) is 7.50. The molecule has 21 heavy (non-hydrogen) atoms. The van der Waals surface area contributed by atoms with Crippen LogP contribution in [0.2, 0.25) is 5.02 Å². The van der Waals surface area contributed by atoms with Gasteiger partial charge in [0.15, 0.2) is 0 Å². The van der Waals surface area contributed by atoms with E-state index in [0.717, 1.165) is 18.5 Å². The molecule has 1 heterocycles. The van der Waals surface area contributed by atoms with Crippen LogP contribution in [0.15, 0.2) is 34.3 Å². The summed E-state index contributed by atoms with van der Waals surface area (Å²) in [4.78, 5) is 10.4. The molecule has 0 amide bonds. The first-order valence-electron chi connectivity index (χ1n) is 7.34. The molecule has 0 saturated heterocycles. The number of hydrogen-bond acceptors (Lipinski definition) is 5. The number of rotatable bonds is 6. The van der Waals surface area contributed by atoms with Crippen molar-refractivity contribution in [2.45, 2.75) is 45.2 Å². The topological polar surface area (TPSA) is 80.0 Å². The summed E-state index contributed by atoms with van der Waals surface area (Å²) in [6.07, 6.45) is 5.53. The van der Waals surface area contributed by atoms with Gasteiger partial charge in [-0.05, 0) is 37.1 Å². The zero-order valence-electron chi connectivity index (χ0n) is 12.3. The highest BCUT2D eigenvalue weighted by Gasteiger charge is 2.25. The third kappa shape index (κ3) is 4.11. The Hall–Kier alpha value is -1.75. The quantitative estimate of drug-likeness (QED) is 0.793. The van der Waals surface area contributed by atoms with E-state index in [1.165, 1.54) is 19.3 Å². The van der Waals surface area contributed by atoms with Gasteiger partial charge in [0, 0.05) is 10.7 Å². The Labute approximate surface area is 130 Å². The molecular formula is C15H22ClN5. The Morgan fingerprint density at radius 3 is 2.52 bits per heavy atom. The van der Waals surface area contributed by atoms with Crippen LogP contribution < -0.4 is 16.4 Å². The van der Waals surface area contributed by atoms with E-state index >= 15 is 0 Å². The predicted molar refractivity (Wildman–Crippen MR) is 89.7 cm³/mol. The van der Waals surface area contributed by atoms with E-state index in [4.69, 9.17) is 23.1 Å². The van der Waals surface area contributed by atoms with Gasteiger partial charge >= 0.3 is 0 Å². The van der Waals surface area contributed by atoms with Crippen molar-refractivity contribution in [2.24, 2.45) is 21.5 Å². The second-order valence-corrected chi connectivity index (χ2v) is 5.57. The van der Waals surface area contributed by atoms with Gasteiger partial charge in [0.2, 0.25) is 11.9 Å². The van der Waals surface area contributed by atoms with Gasteiger partial charge in [-0.1, -0.05) is 37.8 Å². The second-order valence-electron chi connectivity index (χ2n) is 5.13. The molecule has 0 spiro atoms. The summed E-state index contributed by atoms with van der Waals surface area (Å²) in [6.45, 7) is 2.20. The highest BCUT2D eigenvalue weighted by atomic mass is 35.5. The van der Waals surface area contributed by atoms with Crippen molar-refractivity contribution in [2.75, 3.05) is 4.90 Å². The number of benzene rings is 1. The molecule has 2 rings (SSSR count). The van der Waals surface area contributed by atoms with Crippen LogP contribution in [-0.2, 0) is 0 Å². The summed E-state index contributed by atoms with van der Waals surface area (Å²) in [5.74, 6) is 0.628. The summed E-state index contributed by atoms with van der Waals surface area (Å²) in [5, 5.41) is 0.689. The van der Waals surface area contributed by atoms with E-state index < -0.39 is 0 Å². The maximum Gasteiger partial charge on any atom is 0.220 e. The van der Waals surface area contributed by atoms with Gasteiger partial charge in [0.25, 0.3) is 0 Å². The number of nitrogens with two attached hydrogens (primary N) is 2. The fraction of sp³-hybridized carbons (Fsp3) is 0.467. The number of halogens is 1. The van der Waals surface area contributed by atoms with Crippen LogP contribution in [0.5, 0.6) is 0 Å². The standard InChI is InChI=1S/C15H22ClN5/c1-2-3-4-5-6-13-19-14(17)20-15(18)21(13)12-9-7-11(16)8-10-12/h7-10,13H,2-6H2,1H3,(H4,17,18,19,20)/t13-/m1/s1. The van der Waals surface area contributed by atoms with E-state index in [0.29, 0.717) is 11.0 Å². The number of unbranched alkanes of at least 4 members (excludes halogenated alkanes) is 3. The van der Waals surface area contributed by atoms with Gasteiger partial charge in [-0.2, -0.15) is 4.99 Å². The summed E-state index contributed by atoms with van der Waals surface area (Å²) in [7, 11) is 0. The summed E-state index contributed by atoms with van der Waals surface area (Å²) in [5.41, 5.74) is 12.7. The van der Waals surface area contributed by atoms with Crippen molar-refractivity contribution < 1.29 is 0 Å². The minimum Gasteiger partial charge on any atom is -0.369 e.